The van der Waals surface area contributed by atoms with Gasteiger partial charge in [0.25, 0.3) is 0 Å². The second-order valence-corrected chi connectivity index (χ2v) is 7.25. The third-order valence-electron chi connectivity index (χ3n) is 3.24. The van der Waals surface area contributed by atoms with E-state index in [1.165, 1.54) is 25.7 Å². The number of hydrogen-bond donors (Lipinski definition) is 1. The molecule has 0 aliphatic carbocycles. The second kappa shape index (κ2) is 6.60. The van der Waals surface area contributed by atoms with E-state index in [0.717, 1.165) is 12.8 Å². The smallest absolute Gasteiger partial charge is 0.151 e. The molecule has 1 aliphatic rings. The highest BCUT2D eigenvalue weighted by Crippen LogP contribution is 2.13. The minimum absolute atomic E-state index is 0.200. The predicted octanol–water partition coefficient (Wildman–Crippen LogP) is 2.12. The number of nitrogens with one attached hydrogen (secondary N) is 1. The first-order chi connectivity index (χ1) is 7.53. The molecule has 16 heavy (non-hydrogen) atoms. The topological polar surface area (TPSA) is 46.2 Å². The maximum Gasteiger partial charge on any atom is 0.151 e. The highest BCUT2D eigenvalue weighted by molar-refractivity contribution is 7.91. The van der Waals surface area contributed by atoms with E-state index in [9.17, 15) is 8.42 Å². The highest BCUT2D eigenvalue weighted by atomic mass is 32.2. The average molecular weight is 247 g/mol. The molecule has 0 saturated carbocycles. The van der Waals surface area contributed by atoms with Crippen molar-refractivity contribution in [1.29, 1.82) is 0 Å². The van der Waals surface area contributed by atoms with Gasteiger partial charge in [0.05, 0.1) is 11.5 Å². The molecule has 1 aliphatic heterocycles. The van der Waals surface area contributed by atoms with Crippen molar-refractivity contribution in [2.24, 2.45) is 0 Å². The van der Waals surface area contributed by atoms with E-state index >= 15 is 0 Å². The third-order valence-corrected chi connectivity index (χ3v) is 5.01. The van der Waals surface area contributed by atoms with Gasteiger partial charge in [0.1, 0.15) is 0 Å². The van der Waals surface area contributed by atoms with Crippen molar-refractivity contribution in [3.63, 3.8) is 0 Å². The van der Waals surface area contributed by atoms with Gasteiger partial charge >= 0.3 is 0 Å². The van der Waals surface area contributed by atoms with Crippen molar-refractivity contribution in [3.8, 4) is 0 Å². The summed E-state index contributed by atoms with van der Waals surface area (Å²) in [6.07, 6.45) is 7.08. The number of rotatable bonds is 7. The summed E-state index contributed by atoms with van der Waals surface area (Å²) in [5, 5.41) is 3.43. The summed E-state index contributed by atoms with van der Waals surface area (Å²) in [5.41, 5.74) is 0. The van der Waals surface area contributed by atoms with Crippen LogP contribution in [0.25, 0.3) is 0 Å². The zero-order chi connectivity index (χ0) is 12.0. The molecule has 0 spiro atoms. The summed E-state index contributed by atoms with van der Waals surface area (Å²) in [6.45, 7) is 4.38. The van der Waals surface area contributed by atoms with Gasteiger partial charge in [-0.2, -0.15) is 0 Å². The van der Waals surface area contributed by atoms with Crippen LogP contribution in [-0.4, -0.2) is 32.0 Å². The molecule has 2 atom stereocenters. The summed E-state index contributed by atoms with van der Waals surface area (Å²) in [7, 11) is -2.73. The van der Waals surface area contributed by atoms with Crippen LogP contribution in [0, 0.1) is 0 Å². The van der Waals surface area contributed by atoms with Gasteiger partial charge in [-0.3, -0.25) is 0 Å². The Labute approximate surface area is 99.9 Å². The second-order valence-electron chi connectivity index (χ2n) is 5.02. The Kier molecular flexibility index (Phi) is 5.76. The normalized spacial score (nSPS) is 25.8. The van der Waals surface area contributed by atoms with Crippen LogP contribution in [0.5, 0.6) is 0 Å². The molecule has 0 radical (unpaired) electrons. The molecule has 2 unspecified atom stereocenters. The average Bonchev–Trinajstić information content (AvgIpc) is 2.53. The standard InChI is InChI=1S/C12H25NO2S/c1-3-4-5-6-7-11(2)13-12-8-9-16(14,15)10-12/h11-13H,3-10H2,1-2H3. The molecule has 1 saturated heterocycles. The highest BCUT2D eigenvalue weighted by Gasteiger charge is 2.28. The van der Waals surface area contributed by atoms with Crippen LogP contribution in [0.2, 0.25) is 0 Å². The van der Waals surface area contributed by atoms with Crippen molar-refractivity contribution in [3.05, 3.63) is 0 Å². The summed E-state index contributed by atoms with van der Waals surface area (Å²) in [5.74, 6) is 0.708. The van der Waals surface area contributed by atoms with Crippen LogP contribution in [0.4, 0.5) is 0 Å². The summed E-state index contributed by atoms with van der Waals surface area (Å²) in [6, 6.07) is 0.654. The molecule has 0 aromatic heterocycles. The molecule has 4 heteroatoms. The summed E-state index contributed by atoms with van der Waals surface area (Å²) >= 11 is 0. The molecule has 1 rings (SSSR count). The first kappa shape index (κ1) is 14.0. The van der Waals surface area contributed by atoms with Gasteiger partial charge in [0.15, 0.2) is 9.84 Å². The van der Waals surface area contributed by atoms with E-state index in [1.54, 1.807) is 0 Å². The Balaban J connectivity index is 2.13. The molecular weight excluding hydrogens is 222 g/mol. The van der Waals surface area contributed by atoms with E-state index in [4.69, 9.17) is 0 Å². The van der Waals surface area contributed by atoms with E-state index in [1.807, 2.05) is 0 Å². The van der Waals surface area contributed by atoms with Crippen molar-refractivity contribution >= 4 is 9.84 Å². The van der Waals surface area contributed by atoms with Gasteiger partial charge in [0, 0.05) is 12.1 Å². The molecule has 0 aromatic carbocycles. The van der Waals surface area contributed by atoms with E-state index in [-0.39, 0.29) is 6.04 Å². The molecule has 3 nitrogen and oxygen atoms in total. The maximum absolute atomic E-state index is 11.3. The first-order valence-electron chi connectivity index (χ1n) is 6.50. The van der Waals surface area contributed by atoms with Crippen LogP contribution < -0.4 is 5.32 Å². The van der Waals surface area contributed by atoms with E-state index in [2.05, 4.69) is 19.2 Å². The Morgan fingerprint density at radius 3 is 2.62 bits per heavy atom. The molecule has 1 N–H and O–H groups in total. The number of hydrogen-bond acceptors (Lipinski definition) is 3. The fourth-order valence-electron chi connectivity index (χ4n) is 2.29. The Hall–Kier alpha value is -0.0900. The number of unbranched alkanes of at least 4 members (excludes halogenated alkanes) is 3. The molecule has 0 bridgehead atoms. The van der Waals surface area contributed by atoms with E-state index < -0.39 is 9.84 Å². The molecule has 1 fully saturated rings. The van der Waals surface area contributed by atoms with Crippen LogP contribution in [-0.2, 0) is 9.84 Å². The molecule has 0 aromatic rings. The minimum Gasteiger partial charge on any atom is -0.310 e. The van der Waals surface area contributed by atoms with Crippen LogP contribution in [0.15, 0.2) is 0 Å². The molecule has 1 heterocycles. The SMILES string of the molecule is CCCCCCC(C)NC1CCS(=O)(=O)C1. The predicted molar refractivity (Wildman–Crippen MR) is 68.4 cm³/mol. The largest absolute Gasteiger partial charge is 0.310 e. The Morgan fingerprint density at radius 1 is 1.31 bits per heavy atom. The Morgan fingerprint density at radius 2 is 2.06 bits per heavy atom. The molecule has 96 valence electrons. The van der Waals surface area contributed by atoms with Crippen molar-refractivity contribution in [2.75, 3.05) is 11.5 Å². The zero-order valence-corrected chi connectivity index (χ0v) is 11.4. The fourth-order valence-corrected chi connectivity index (χ4v) is 3.98. The lowest BCUT2D eigenvalue weighted by Crippen LogP contribution is -2.37. The van der Waals surface area contributed by atoms with Crippen molar-refractivity contribution < 1.29 is 8.42 Å². The van der Waals surface area contributed by atoms with Crippen LogP contribution in [0.1, 0.15) is 52.4 Å². The van der Waals surface area contributed by atoms with Gasteiger partial charge in [0.2, 0.25) is 0 Å². The van der Waals surface area contributed by atoms with Gasteiger partial charge in [-0.25, -0.2) is 8.42 Å². The monoisotopic (exact) mass is 247 g/mol. The lowest BCUT2D eigenvalue weighted by Gasteiger charge is -2.18. The van der Waals surface area contributed by atoms with Crippen LogP contribution >= 0.6 is 0 Å². The fraction of sp³-hybridized carbons (Fsp3) is 1.00. The van der Waals surface area contributed by atoms with Crippen LogP contribution in [0.3, 0.4) is 0 Å². The van der Waals surface area contributed by atoms with Gasteiger partial charge in [-0.05, 0) is 19.8 Å². The van der Waals surface area contributed by atoms with Crippen molar-refractivity contribution in [1.82, 2.24) is 5.32 Å². The van der Waals surface area contributed by atoms with Gasteiger partial charge < -0.3 is 5.32 Å². The quantitative estimate of drug-likeness (QED) is 0.701. The summed E-state index contributed by atoms with van der Waals surface area (Å²) < 4.78 is 22.6. The Bertz CT molecular complexity index is 287. The minimum atomic E-state index is -2.73. The lowest BCUT2D eigenvalue weighted by atomic mass is 10.1. The third kappa shape index (κ3) is 5.30. The van der Waals surface area contributed by atoms with E-state index in [0.29, 0.717) is 17.5 Å². The van der Waals surface area contributed by atoms with Gasteiger partial charge in [-0.15, -0.1) is 0 Å². The summed E-state index contributed by atoms with van der Waals surface area (Å²) in [4.78, 5) is 0. The maximum atomic E-state index is 11.3. The van der Waals surface area contributed by atoms with Gasteiger partial charge in [-0.1, -0.05) is 32.6 Å². The lowest BCUT2D eigenvalue weighted by molar-refractivity contribution is 0.433. The zero-order valence-electron chi connectivity index (χ0n) is 10.5. The molecular formula is C12H25NO2S. The molecule has 0 amide bonds. The number of sulfone groups is 1. The first-order valence-corrected chi connectivity index (χ1v) is 8.32. The van der Waals surface area contributed by atoms with Crippen molar-refractivity contribution in [2.45, 2.75) is 64.5 Å².